The lowest BCUT2D eigenvalue weighted by atomic mass is 10.1. The molecule has 2 heteroatoms. The topological polar surface area (TPSA) is 23.5 Å². The van der Waals surface area contributed by atoms with Crippen LogP contribution in [-0.4, -0.2) is 23.7 Å². The molecule has 0 atom stereocenters. The number of hydrogen-bond donors (Lipinski definition) is 1. The fourth-order valence-corrected chi connectivity index (χ4v) is 2.10. The molecule has 2 aromatic carbocycles. The molecule has 0 fully saturated rings. The van der Waals surface area contributed by atoms with E-state index < -0.39 is 0 Å². The maximum atomic E-state index is 8.66. The summed E-state index contributed by atoms with van der Waals surface area (Å²) in [6.45, 7) is 1.75. The molecule has 1 N–H and O–H groups in total. The number of nitrogens with zero attached hydrogens (tertiary/aromatic N) is 1. The molecule has 0 heterocycles. The van der Waals surface area contributed by atoms with Crippen LogP contribution < -0.4 is 0 Å². The van der Waals surface area contributed by atoms with Crippen LogP contribution in [0.1, 0.15) is 16.7 Å². The Morgan fingerprint density at radius 1 is 0.900 bits per heavy atom. The molecule has 0 aromatic heterocycles. The number of aliphatic hydroxyl groups excluding tert-OH is 1. The highest BCUT2D eigenvalue weighted by atomic mass is 16.2. The van der Waals surface area contributed by atoms with Crippen molar-refractivity contribution in [1.29, 1.82) is 0 Å². The van der Waals surface area contributed by atoms with Crippen LogP contribution >= 0.6 is 0 Å². The second-order valence-corrected chi connectivity index (χ2v) is 4.81. The molecule has 0 aliphatic heterocycles. The minimum atomic E-state index is -0.0957. The third kappa shape index (κ3) is 4.55. The van der Waals surface area contributed by atoms with Gasteiger partial charge in [0.25, 0.3) is 0 Å². The third-order valence-electron chi connectivity index (χ3n) is 3.01. The van der Waals surface area contributed by atoms with Crippen LogP contribution in [0.3, 0.4) is 0 Å². The number of benzene rings is 2. The summed E-state index contributed by atoms with van der Waals surface area (Å²) in [6, 6.07) is 18.6. The van der Waals surface area contributed by atoms with Crippen molar-refractivity contribution in [3.8, 4) is 11.8 Å². The van der Waals surface area contributed by atoms with Gasteiger partial charge in [-0.15, -0.1) is 0 Å². The minimum Gasteiger partial charge on any atom is -0.384 e. The van der Waals surface area contributed by atoms with Gasteiger partial charge in [-0.2, -0.15) is 0 Å². The quantitative estimate of drug-likeness (QED) is 0.859. The Bertz CT molecular complexity index is 578. The molecule has 0 spiro atoms. The summed E-state index contributed by atoms with van der Waals surface area (Å²) in [5.74, 6) is 5.55. The second-order valence-electron chi connectivity index (χ2n) is 4.81. The first kappa shape index (κ1) is 14.3. The van der Waals surface area contributed by atoms with E-state index in [-0.39, 0.29) is 6.61 Å². The monoisotopic (exact) mass is 265 g/mol. The second kappa shape index (κ2) is 7.49. The van der Waals surface area contributed by atoms with Crippen molar-refractivity contribution in [2.75, 3.05) is 13.7 Å². The number of aliphatic hydroxyl groups is 1. The molecular weight excluding hydrogens is 246 g/mol. The average molecular weight is 265 g/mol. The van der Waals surface area contributed by atoms with Gasteiger partial charge in [0.2, 0.25) is 0 Å². The van der Waals surface area contributed by atoms with Crippen molar-refractivity contribution in [3.63, 3.8) is 0 Å². The molecule has 0 radical (unpaired) electrons. The Kier molecular flexibility index (Phi) is 5.37. The van der Waals surface area contributed by atoms with Crippen LogP contribution in [-0.2, 0) is 13.1 Å². The molecule has 0 saturated heterocycles. The summed E-state index contributed by atoms with van der Waals surface area (Å²) < 4.78 is 0. The van der Waals surface area contributed by atoms with Gasteiger partial charge in [0.15, 0.2) is 0 Å². The zero-order valence-electron chi connectivity index (χ0n) is 11.7. The summed E-state index contributed by atoms with van der Waals surface area (Å²) in [4.78, 5) is 2.28. The molecular formula is C18H19NO. The first-order chi connectivity index (χ1) is 9.78. The Balaban J connectivity index is 1.92. The van der Waals surface area contributed by atoms with Crippen LogP contribution in [0.2, 0.25) is 0 Å². The van der Waals surface area contributed by atoms with Gasteiger partial charge in [-0.3, -0.25) is 4.90 Å². The lowest BCUT2D eigenvalue weighted by Crippen LogP contribution is -2.17. The SMILES string of the molecule is CN(Cc1ccccc1)Cc1ccc(C#CCO)cc1. The molecule has 2 aromatic rings. The predicted octanol–water partition coefficient (Wildman–Crippen LogP) is 2.66. The summed E-state index contributed by atoms with van der Waals surface area (Å²) in [7, 11) is 2.12. The van der Waals surface area contributed by atoms with Crippen LogP contribution in [0.4, 0.5) is 0 Å². The lowest BCUT2D eigenvalue weighted by Gasteiger charge is -2.16. The Hall–Kier alpha value is -2.08. The smallest absolute Gasteiger partial charge is 0.104 e. The van der Waals surface area contributed by atoms with E-state index in [9.17, 15) is 0 Å². The first-order valence-corrected chi connectivity index (χ1v) is 6.69. The summed E-state index contributed by atoms with van der Waals surface area (Å²) in [5.41, 5.74) is 3.52. The summed E-state index contributed by atoms with van der Waals surface area (Å²) in [5, 5.41) is 8.66. The minimum absolute atomic E-state index is 0.0957. The Morgan fingerprint density at radius 2 is 1.50 bits per heavy atom. The average Bonchev–Trinajstić information content (AvgIpc) is 2.47. The number of hydrogen-bond acceptors (Lipinski definition) is 2. The van der Waals surface area contributed by atoms with E-state index in [0.29, 0.717) is 0 Å². The Labute approximate surface area is 120 Å². The fraction of sp³-hybridized carbons (Fsp3) is 0.222. The van der Waals surface area contributed by atoms with Crippen LogP contribution in [0.15, 0.2) is 54.6 Å². The van der Waals surface area contributed by atoms with E-state index in [4.69, 9.17) is 5.11 Å². The molecule has 0 amide bonds. The van der Waals surface area contributed by atoms with Crippen LogP contribution in [0.25, 0.3) is 0 Å². The van der Waals surface area contributed by atoms with Crippen molar-refractivity contribution in [2.24, 2.45) is 0 Å². The molecule has 20 heavy (non-hydrogen) atoms. The molecule has 102 valence electrons. The van der Waals surface area contributed by atoms with Gasteiger partial charge in [0.1, 0.15) is 6.61 Å². The third-order valence-corrected chi connectivity index (χ3v) is 3.01. The van der Waals surface area contributed by atoms with Gasteiger partial charge in [-0.05, 0) is 30.3 Å². The van der Waals surface area contributed by atoms with Gasteiger partial charge in [-0.1, -0.05) is 54.3 Å². The molecule has 0 aliphatic carbocycles. The highest BCUT2D eigenvalue weighted by molar-refractivity contribution is 5.36. The Morgan fingerprint density at radius 3 is 2.10 bits per heavy atom. The van der Waals surface area contributed by atoms with E-state index >= 15 is 0 Å². The van der Waals surface area contributed by atoms with Crippen LogP contribution in [0, 0.1) is 11.8 Å². The van der Waals surface area contributed by atoms with E-state index in [0.717, 1.165) is 18.7 Å². The van der Waals surface area contributed by atoms with E-state index in [1.807, 2.05) is 18.2 Å². The highest BCUT2D eigenvalue weighted by Crippen LogP contribution is 2.09. The lowest BCUT2D eigenvalue weighted by molar-refractivity contribution is 0.319. The van der Waals surface area contributed by atoms with Gasteiger partial charge in [0.05, 0.1) is 0 Å². The molecule has 0 unspecified atom stereocenters. The van der Waals surface area contributed by atoms with Crippen LogP contribution in [0.5, 0.6) is 0 Å². The van der Waals surface area contributed by atoms with Crippen molar-refractivity contribution in [2.45, 2.75) is 13.1 Å². The molecule has 0 saturated carbocycles. The first-order valence-electron chi connectivity index (χ1n) is 6.69. The van der Waals surface area contributed by atoms with Gasteiger partial charge in [-0.25, -0.2) is 0 Å². The van der Waals surface area contributed by atoms with E-state index in [2.05, 4.69) is 60.2 Å². The van der Waals surface area contributed by atoms with Crippen molar-refractivity contribution >= 4 is 0 Å². The molecule has 2 rings (SSSR count). The number of rotatable bonds is 4. The predicted molar refractivity (Wildman–Crippen MR) is 82.0 cm³/mol. The van der Waals surface area contributed by atoms with E-state index in [1.54, 1.807) is 0 Å². The standard InChI is InChI=1S/C18H19NO/c1-19(14-17-6-3-2-4-7-17)15-18-11-9-16(10-12-18)8-5-13-20/h2-4,6-7,9-12,20H,13-15H2,1H3. The maximum absolute atomic E-state index is 8.66. The summed E-state index contributed by atoms with van der Waals surface area (Å²) in [6.07, 6.45) is 0. The van der Waals surface area contributed by atoms with E-state index in [1.165, 1.54) is 11.1 Å². The van der Waals surface area contributed by atoms with Gasteiger partial charge >= 0.3 is 0 Å². The van der Waals surface area contributed by atoms with Crippen molar-refractivity contribution < 1.29 is 5.11 Å². The highest BCUT2D eigenvalue weighted by Gasteiger charge is 2.01. The van der Waals surface area contributed by atoms with Crippen molar-refractivity contribution in [3.05, 3.63) is 71.3 Å². The zero-order chi connectivity index (χ0) is 14.2. The largest absolute Gasteiger partial charge is 0.384 e. The van der Waals surface area contributed by atoms with Gasteiger partial charge in [0, 0.05) is 18.7 Å². The molecule has 0 bridgehead atoms. The van der Waals surface area contributed by atoms with Gasteiger partial charge < -0.3 is 5.11 Å². The summed E-state index contributed by atoms with van der Waals surface area (Å²) >= 11 is 0. The molecule has 2 nitrogen and oxygen atoms in total. The normalized spacial score (nSPS) is 10.2. The fourth-order valence-electron chi connectivity index (χ4n) is 2.10. The molecule has 0 aliphatic rings. The zero-order valence-corrected chi connectivity index (χ0v) is 11.7. The maximum Gasteiger partial charge on any atom is 0.104 e. The van der Waals surface area contributed by atoms with Crippen molar-refractivity contribution in [1.82, 2.24) is 4.90 Å².